The maximum atomic E-state index is 12.7. The number of anilines is 1. The second-order valence-corrected chi connectivity index (χ2v) is 7.70. The van der Waals surface area contributed by atoms with E-state index in [2.05, 4.69) is 10.6 Å². The first-order valence-electron chi connectivity index (χ1n) is 9.74. The first kappa shape index (κ1) is 21.3. The van der Waals surface area contributed by atoms with Crippen molar-refractivity contribution in [1.82, 2.24) is 10.2 Å². The van der Waals surface area contributed by atoms with Crippen molar-refractivity contribution in [1.29, 1.82) is 0 Å². The summed E-state index contributed by atoms with van der Waals surface area (Å²) in [6.07, 6.45) is 3.03. The van der Waals surface area contributed by atoms with E-state index in [1.807, 2.05) is 38.2 Å². The Kier molecular flexibility index (Phi) is 6.87. The Morgan fingerprint density at radius 3 is 2.52 bits per heavy atom. The number of methoxy groups -OCH3 is 1. The minimum Gasteiger partial charge on any atom is -0.460 e. The summed E-state index contributed by atoms with van der Waals surface area (Å²) in [7, 11) is 3.36. The monoisotopic (exact) mass is 417 g/mol. The van der Waals surface area contributed by atoms with Gasteiger partial charge in [0.25, 0.3) is 0 Å². The van der Waals surface area contributed by atoms with Gasteiger partial charge >= 0.3 is 5.97 Å². The minimum atomic E-state index is -0.426. The summed E-state index contributed by atoms with van der Waals surface area (Å²) in [5.41, 5.74) is 2.85. The van der Waals surface area contributed by atoms with Crippen LogP contribution in [0.2, 0.25) is 0 Å². The fourth-order valence-electron chi connectivity index (χ4n) is 3.32. The van der Waals surface area contributed by atoms with Crippen molar-refractivity contribution in [3.63, 3.8) is 0 Å². The van der Waals surface area contributed by atoms with Crippen LogP contribution in [0, 0.1) is 5.92 Å². The lowest BCUT2D eigenvalue weighted by atomic mass is 9.85. The average molecular weight is 418 g/mol. The van der Waals surface area contributed by atoms with E-state index in [9.17, 15) is 9.59 Å². The number of benzene rings is 1. The minimum absolute atomic E-state index is 0.0701. The molecule has 1 aliphatic carbocycles. The predicted octanol–water partition coefficient (Wildman–Crippen LogP) is 2.75. The number of thiocarbonyl (C=S) groups is 1. The number of amides is 1. The highest BCUT2D eigenvalue weighted by atomic mass is 32.1. The topological polar surface area (TPSA) is 79.9 Å². The summed E-state index contributed by atoms with van der Waals surface area (Å²) in [6.45, 7) is 2.36. The van der Waals surface area contributed by atoms with E-state index >= 15 is 0 Å². The third-order valence-electron chi connectivity index (χ3n) is 5.48. The molecule has 1 heterocycles. The molecule has 2 aliphatic rings. The normalized spacial score (nSPS) is 19.5. The number of carbonyl (C=O) groups excluding carboxylic acids is 2. The van der Waals surface area contributed by atoms with Crippen LogP contribution < -0.4 is 10.6 Å². The summed E-state index contributed by atoms with van der Waals surface area (Å²) in [5, 5.41) is 6.70. The number of nitrogens with one attached hydrogen (secondary N) is 2. The Labute approximate surface area is 176 Å². The molecule has 1 aromatic carbocycles. The van der Waals surface area contributed by atoms with Gasteiger partial charge in [-0.1, -0.05) is 18.6 Å². The van der Waals surface area contributed by atoms with Gasteiger partial charge in [-0.2, -0.15) is 0 Å². The van der Waals surface area contributed by atoms with E-state index in [0.29, 0.717) is 17.3 Å². The second-order valence-electron chi connectivity index (χ2n) is 7.31. The van der Waals surface area contributed by atoms with Gasteiger partial charge in [0.2, 0.25) is 5.91 Å². The number of ether oxygens (including phenoxy) is 2. The number of allylic oxidation sites excluding steroid dienone is 1. The van der Waals surface area contributed by atoms with Crippen LogP contribution in [-0.4, -0.2) is 49.3 Å². The first-order chi connectivity index (χ1) is 13.9. The Morgan fingerprint density at radius 2 is 1.93 bits per heavy atom. The SMILES string of the molecule is COCCOC(=O)C1=C(C)N(C)C(=S)N[C@H]1c1ccc(NC(=O)C2CCC2)cc1. The summed E-state index contributed by atoms with van der Waals surface area (Å²) >= 11 is 5.41. The van der Waals surface area contributed by atoms with E-state index in [1.54, 1.807) is 12.0 Å². The molecule has 1 amide bonds. The summed E-state index contributed by atoms with van der Waals surface area (Å²) in [6, 6.07) is 7.04. The van der Waals surface area contributed by atoms with Crippen LogP contribution in [0.25, 0.3) is 0 Å². The highest BCUT2D eigenvalue weighted by Crippen LogP contribution is 2.32. The van der Waals surface area contributed by atoms with E-state index in [-0.39, 0.29) is 18.4 Å². The number of rotatable bonds is 7. The Bertz CT molecular complexity index is 818. The predicted molar refractivity (Wildman–Crippen MR) is 114 cm³/mol. The van der Waals surface area contributed by atoms with Crippen molar-refractivity contribution in [2.24, 2.45) is 5.92 Å². The quantitative estimate of drug-likeness (QED) is 0.401. The molecule has 29 heavy (non-hydrogen) atoms. The van der Waals surface area contributed by atoms with Crippen molar-refractivity contribution >= 4 is 34.9 Å². The van der Waals surface area contributed by atoms with Gasteiger partial charge in [0.1, 0.15) is 6.61 Å². The number of hydrogen-bond acceptors (Lipinski definition) is 5. The molecule has 1 aliphatic heterocycles. The van der Waals surface area contributed by atoms with Crippen LogP contribution in [0.1, 0.15) is 37.8 Å². The maximum absolute atomic E-state index is 12.7. The zero-order valence-electron chi connectivity index (χ0n) is 17.0. The molecule has 2 N–H and O–H groups in total. The standard InChI is InChI=1S/C21H27N3O4S/c1-13-17(20(26)28-12-11-27-3)18(23-21(29)24(13)2)14-7-9-16(10-8-14)22-19(25)15-5-4-6-15/h7-10,15,18H,4-6,11-12H2,1-3H3,(H,22,25)(H,23,29)/t18-/m0/s1. The maximum Gasteiger partial charge on any atom is 0.338 e. The third kappa shape index (κ3) is 4.76. The lowest BCUT2D eigenvalue weighted by Crippen LogP contribution is -2.46. The molecule has 0 bridgehead atoms. The van der Waals surface area contributed by atoms with E-state index in [1.165, 1.54) is 0 Å². The van der Waals surface area contributed by atoms with Gasteiger partial charge in [-0.05, 0) is 49.7 Å². The van der Waals surface area contributed by atoms with Crippen molar-refractivity contribution in [2.45, 2.75) is 32.2 Å². The second kappa shape index (κ2) is 9.37. The molecule has 156 valence electrons. The first-order valence-corrected chi connectivity index (χ1v) is 10.1. The fourth-order valence-corrected chi connectivity index (χ4v) is 3.57. The highest BCUT2D eigenvalue weighted by molar-refractivity contribution is 7.80. The van der Waals surface area contributed by atoms with Crippen LogP contribution in [0.15, 0.2) is 35.5 Å². The molecule has 1 saturated carbocycles. The Hall–Kier alpha value is -2.45. The lowest BCUT2D eigenvalue weighted by molar-refractivity contribution is -0.140. The van der Waals surface area contributed by atoms with Crippen molar-refractivity contribution in [3.8, 4) is 0 Å². The molecule has 1 atom stereocenters. The van der Waals surface area contributed by atoms with Gasteiger partial charge in [-0.3, -0.25) is 4.79 Å². The summed E-state index contributed by atoms with van der Waals surface area (Å²) < 4.78 is 10.3. The molecule has 1 fully saturated rings. The summed E-state index contributed by atoms with van der Waals surface area (Å²) in [4.78, 5) is 26.6. The van der Waals surface area contributed by atoms with Crippen LogP contribution in [-0.2, 0) is 19.1 Å². The van der Waals surface area contributed by atoms with Gasteiger partial charge in [0, 0.05) is 31.5 Å². The lowest BCUT2D eigenvalue weighted by Gasteiger charge is -2.35. The molecule has 0 unspecified atom stereocenters. The number of carbonyl (C=O) groups is 2. The zero-order valence-corrected chi connectivity index (χ0v) is 17.8. The molecule has 0 aromatic heterocycles. The van der Waals surface area contributed by atoms with Crippen molar-refractivity contribution in [3.05, 3.63) is 41.1 Å². The van der Waals surface area contributed by atoms with E-state index in [0.717, 1.165) is 36.2 Å². The fraction of sp³-hybridized carbons (Fsp3) is 0.476. The smallest absolute Gasteiger partial charge is 0.338 e. The number of hydrogen-bond donors (Lipinski definition) is 2. The van der Waals surface area contributed by atoms with Gasteiger partial charge in [0.05, 0.1) is 18.2 Å². The van der Waals surface area contributed by atoms with Gasteiger partial charge in [0.15, 0.2) is 5.11 Å². The number of nitrogens with zero attached hydrogens (tertiary/aromatic N) is 1. The molecule has 0 radical (unpaired) electrons. The van der Waals surface area contributed by atoms with Crippen LogP contribution >= 0.6 is 12.2 Å². The van der Waals surface area contributed by atoms with Gasteiger partial charge < -0.3 is 25.0 Å². The van der Waals surface area contributed by atoms with E-state index < -0.39 is 12.0 Å². The molecule has 3 rings (SSSR count). The van der Waals surface area contributed by atoms with Crippen LogP contribution in [0.5, 0.6) is 0 Å². The van der Waals surface area contributed by atoms with Gasteiger partial charge in [-0.25, -0.2) is 4.79 Å². The van der Waals surface area contributed by atoms with Crippen molar-refractivity contribution < 1.29 is 19.1 Å². The highest BCUT2D eigenvalue weighted by Gasteiger charge is 2.33. The molecule has 7 nitrogen and oxygen atoms in total. The van der Waals surface area contributed by atoms with Crippen LogP contribution in [0.4, 0.5) is 5.69 Å². The molecule has 8 heteroatoms. The molecular formula is C21H27N3O4S. The molecular weight excluding hydrogens is 390 g/mol. The molecule has 1 aromatic rings. The van der Waals surface area contributed by atoms with E-state index in [4.69, 9.17) is 21.7 Å². The number of esters is 1. The van der Waals surface area contributed by atoms with Crippen molar-refractivity contribution in [2.75, 3.05) is 32.7 Å². The van der Waals surface area contributed by atoms with Crippen LogP contribution in [0.3, 0.4) is 0 Å². The zero-order chi connectivity index (χ0) is 21.0. The largest absolute Gasteiger partial charge is 0.460 e. The Morgan fingerprint density at radius 1 is 1.24 bits per heavy atom. The third-order valence-corrected chi connectivity index (χ3v) is 5.87. The Balaban J connectivity index is 1.79. The molecule has 0 saturated heterocycles. The summed E-state index contributed by atoms with van der Waals surface area (Å²) in [5.74, 6) is -0.212. The molecule has 0 spiro atoms. The van der Waals surface area contributed by atoms with Gasteiger partial charge in [-0.15, -0.1) is 0 Å². The average Bonchev–Trinajstić information content (AvgIpc) is 2.65.